The Bertz CT molecular complexity index is 1050. The van der Waals surface area contributed by atoms with Crippen LogP contribution in [0.1, 0.15) is 16.8 Å². The van der Waals surface area contributed by atoms with Crippen molar-refractivity contribution in [1.82, 2.24) is 24.8 Å². The third-order valence-corrected chi connectivity index (χ3v) is 5.03. The summed E-state index contributed by atoms with van der Waals surface area (Å²) in [6.45, 7) is 2.81. The average molecular weight is 341 g/mol. The van der Waals surface area contributed by atoms with Crippen molar-refractivity contribution in [2.75, 3.05) is 6.54 Å². The highest BCUT2D eigenvalue weighted by molar-refractivity contribution is 5.82. The van der Waals surface area contributed by atoms with E-state index in [1.54, 1.807) is 12.4 Å². The fourth-order valence-corrected chi connectivity index (χ4v) is 3.65. The topological polar surface area (TPSA) is 57.7 Å². The first-order valence-corrected chi connectivity index (χ1v) is 8.89. The number of fused-ring (bicyclic) bond motifs is 2. The lowest BCUT2D eigenvalue weighted by Gasteiger charge is -2.28. The number of aromatic amines is 1. The maximum Gasteiger partial charge on any atom is 0.159 e. The molecular formula is C21H19N5. The summed E-state index contributed by atoms with van der Waals surface area (Å²) in [7, 11) is 0. The average Bonchev–Trinajstić information content (AvgIpc) is 3.18. The summed E-state index contributed by atoms with van der Waals surface area (Å²) in [5, 5.41) is 1.27. The van der Waals surface area contributed by atoms with Crippen LogP contribution in [0.5, 0.6) is 0 Å². The van der Waals surface area contributed by atoms with Crippen molar-refractivity contribution >= 4 is 10.9 Å². The molecule has 3 aromatic heterocycles. The first-order valence-electron chi connectivity index (χ1n) is 8.89. The van der Waals surface area contributed by atoms with E-state index in [2.05, 4.69) is 44.1 Å². The smallest absolute Gasteiger partial charge is 0.159 e. The second kappa shape index (κ2) is 6.35. The highest BCUT2D eigenvalue weighted by atomic mass is 15.1. The quantitative estimate of drug-likeness (QED) is 0.619. The van der Waals surface area contributed by atoms with E-state index in [1.165, 1.54) is 22.0 Å². The molecule has 0 radical (unpaired) electrons. The molecule has 5 heteroatoms. The van der Waals surface area contributed by atoms with Gasteiger partial charge >= 0.3 is 0 Å². The molecule has 0 unspecified atom stereocenters. The first kappa shape index (κ1) is 15.2. The first-order chi connectivity index (χ1) is 12.9. The van der Waals surface area contributed by atoms with Crippen molar-refractivity contribution in [3.63, 3.8) is 0 Å². The van der Waals surface area contributed by atoms with Gasteiger partial charge in [0.2, 0.25) is 0 Å². The lowest BCUT2D eigenvalue weighted by molar-refractivity contribution is 0.242. The number of para-hydroxylation sites is 1. The van der Waals surface area contributed by atoms with E-state index in [-0.39, 0.29) is 0 Å². The number of nitrogens with one attached hydrogen (secondary N) is 1. The van der Waals surface area contributed by atoms with E-state index >= 15 is 0 Å². The molecule has 0 atom stereocenters. The predicted octanol–water partition coefficient (Wildman–Crippen LogP) is 3.58. The lowest BCUT2D eigenvalue weighted by Crippen LogP contribution is -2.31. The number of hydrogen-bond acceptors (Lipinski definition) is 4. The Labute approximate surface area is 151 Å². The van der Waals surface area contributed by atoms with Crippen molar-refractivity contribution in [2.24, 2.45) is 0 Å². The van der Waals surface area contributed by atoms with Gasteiger partial charge in [-0.15, -0.1) is 0 Å². The van der Waals surface area contributed by atoms with Crippen molar-refractivity contribution in [1.29, 1.82) is 0 Å². The fourth-order valence-electron chi connectivity index (χ4n) is 3.65. The number of rotatable bonds is 3. The van der Waals surface area contributed by atoms with Crippen LogP contribution in [-0.2, 0) is 19.5 Å². The van der Waals surface area contributed by atoms with Gasteiger partial charge in [0.25, 0.3) is 0 Å². The fraction of sp³-hybridized carbons (Fsp3) is 0.190. The molecule has 1 aliphatic rings. The molecule has 1 aliphatic heterocycles. The number of aromatic nitrogens is 4. The summed E-state index contributed by atoms with van der Waals surface area (Å²) in [5.41, 5.74) is 5.97. The Morgan fingerprint density at radius 2 is 2.00 bits per heavy atom. The molecule has 0 bridgehead atoms. The molecule has 0 saturated carbocycles. The van der Waals surface area contributed by atoms with Crippen LogP contribution in [0.3, 0.4) is 0 Å². The highest BCUT2D eigenvalue weighted by Crippen LogP contribution is 2.24. The Morgan fingerprint density at radius 3 is 2.92 bits per heavy atom. The maximum atomic E-state index is 4.84. The van der Waals surface area contributed by atoms with E-state index in [0.717, 1.165) is 43.1 Å². The summed E-state index contributed by atoms with van der Waals surface area (Å²) >= 11 is 0. The molecule has 4 heterocycles. The molecule has 5 rings (SSSR count). The second-order valence-corrected chi connectivity index (χ2v) is 6.72. The number of hydrogen-bond donors (Lipinski definition) is 1. The Balaban J connectivity index is 1.41. The van der Waals surface area contributed by atoms with Gasteiger partial charge in [0.05, 0.1) is 5.69 Å². The normalized spacial score (nSPS) is 14.5. The maximum absolute atomic E-state index is 4.84. The molecule has 1 N–H and O–H groups in total. The van der Waals surface area contributed by atoms with Gasteiger partial charge in [0, 0.05) is 55.5 Å². The second-order valence-electron chi connectivity index (χ2n) is 6.72. The summed E-state index contributed by atoms with van der Waals surface area (Å²) in [5.74, 6) is 0.777. The van der Waals surface area contributed by atoms with E-state index in [4.69, 9.17) is 4.98 Å². The Morgan fingerprint density at radius 1 is 1.08 bits per heavy atom. The van der Waals surface area contributed by atoms with Crippen LogP contribution >= 0.6 is 0 Å². The minimum Gasteiger partial charge on any atom is -0.361 e. The van der Waals surface area contributed by atoms with Crippen LogP contribution in [0.2, 0.25) is 0 Å². The van der Waals surface area contributed by atoms with Gasteiger partial charge in [-0.25, -0.2) is 9.97 Å². The number of pyridine rings is 1. The molecule has 1 aromatic carbocycles. The van der Waals surface area contributed by atoms with E-state index in [9.17, 15) is 0 Å². The standard InChI is InChI=1S/C21H19N5/c1-2-15-6-10-23-20(15)18(3-1)13-26-11-7-17-12-24-21(25-19(17)14-26)16-4-8-22-9-5-16/h1-6,8-10,12,23H,7,11,13-14H2. The van der Waals surface area contributed by atoms with Crippen LogP contribution in [0.15, 0.2) is 61.2 Å². The van der Waals surface area contributed by atoms with Crippen LogP contribution in [0.25, 0.3) is 22.3 Å². The SMILES string of the molecule is c1cc(CN2CCc3cnc(-c4ccncc4)nc3C2)c2[nH]ccc2c1. The summed E-state index contributed by atoms with van der Waals surface area (Å²) < 4.78 is 0. The molecule has 26 heavy (non-hydrogen) atoms. The van der Waals surface area contributed by atoms with Gasteiger partial charge in [0.15, 0.2) is 5.82 Å². The molecule has 0 spiro atoms. The van der Waals surface area contributed by atoms with E-state index in [1.807, 2.05) is 24.5 Å². The third kappa shape index (κ3) is 2.76. The number of nitrogens with zero attached hydrogens (tertiary/aromatic N) is 4. The van der Waals surface area contributed by atoms with Crippen molar-refractivity contribution in [2.45, 2.75) is 19.5 Å². The molecular weight excluding hydrogens is 322 g/mol. The van der Waals surface area contributed by atoms with Crippen LogP contribution in [0, 0.1) is 0 Å². The molecule has 0 aliphatic carbocycles. The van der Waals surface area contributed by atoms with Gasteiger partial charge in [-0.1, -0.05) is 18.2 Å². The monoisotopic (exact) mass is 341 g/mol. The largest absolute Gasteiger partial charge is 0.361 e. The predicted molar refractivity (Wildman–Crippen MR) is 101 cm³/mol. The molecule has 4 aromatic rings. The van der Waals surface area contributed by atoms with Gasteiger partial charge in [-0.05, 0) is 41.1 Å². The summed E-state index contributed by atoms with van der Waals surface area (Å²) in [6.07, 6.45) is 8.55. The Hall–Kier alpha value is -3.05. The van der Waals surface area contributed by atoms with Crippen LogP contribution < -0.4 is 0 Å². The van der Waals surface area contributed by atoms with Crippen LogP contribution in [0.4, 0.5) is 0 Å². The number of benzene rings is 1. The lowest BCUT2D eigenvalue weighted by atomic mass is 10.0. The third-order valence-electron chi connectivity index (χ3n) is 5.03. The van der Waals surface area contributed by atoms with Crippen molar-refractivity contribution < 1.29 is 0 Å². The summed E-state index contributed by atoms with van der Waals surface area (Å²) in [6, 6.07) is 12.5. The van der Waals surface area contributed by atoms with Gasteiger partial charge in [-0.2, -0.15) is 0 Å². The van der Waals surface area contributed by atoms with Gasteiger partial charge < -0.3 is 4.98 Å². The zero-order chi connectivity index (χ0) is 17.3. The van der Waals surface area contributed by atoms with Crippen molar-refractivity contribution in [3.8, 4) is 11.4 Å². The van der Waals surface area contributed by atoms with Crippen LogP contribution in [-0.4, -0.2) is 31.4 Å². The molecule has 0 amide bonds. The molecule has 0 saturated heterocycles. The van der Waals surface area contributed by atoms with E-state index in [0.29, 0.717) is 0 Å². The minimum absolute atomic E-state index is 0.777. The highest BCUT2D eigenvalue weighted by Gasteiger charge is 2.19. The zero-order valence-corrected chi connectivity index (χ0v) is 14.4. The van der Waals surface area contributed by atoms with E-state index < -0.39 is 0 Å². The van der Waals surface area contributed by atoms with Gasteiger partial charge in [0.1, 0.15) is 0 Å². The van der Waals surface area contributed by atoms with Gasteiger partial charge in [-0.3, -0.25) is 9.88 Å². The Kier molecular flexibility index (Phi) is 3.72. The minimum atomic E-state index is 0.777. The molecule has 128 valence electrons. The molecule has 5 nitrogen and oxygen atoms in total. The zero-order valence-electron chi connectivity index (χ0n) is 14.4. The van der Waals surface area contributed by atoms with Crippen molar-refractivity contribution in [3.05, 3.63) is 78.0 Å². The summed E-state index contributed by atoms with van der Waals surface area (Å²) in [4.78, 5) is 19.3. The number of H-pyrrole nitrogens is 1. The molecule has 0 fully saturated rings.